The van der Waals surface area contributed by atoms with E-state index >= 15 is 0 Å². The molecule has 0 radical (unpaired) electrons. The van der Waals surface area contributed by atoms with Crippen LogP contribution in [0, 0.1) is 5.92 Å². The Labute approximate surface area is 127 Å². The van der Waals surface area contributed by atoms with Gasteiger partial charge in [0.05, 0.1) is 5.92 Å². The number of amides is 1. The largest absolute Gasteiger partial charge is 0.356 e. The van der Waals surface area contributed by atoms with Gasteiger partial charge >= 0.3 is 0 Å². The predicted molar refractivity (Wildman–Crippen MR) is 86.0 cm³/mol. The molecule has 116 valence electrons. The van der Waals surface area contributed by atoms with E-state index in [0.29, 0.717) is 6.04 Å². The van der Waals surface area contributed by atoms with Crippen LogP contribution in [0.4, 0.5) is 0 Å². The van der Waals surface area contributed by atoms with E-state index in [1.54, 1.807) is 0 Å². The average molecular weight is 289 g/mol. The van der Waals surface area contributed by atoms with E-state index in [1.165, 1.54) is 5.56 Å². The topological polar surface area (TPSA) is 44.4 Å². The lowest BCUT2D eigenvalue weighted by Crippen LogP contribution is -2.37. The van der Waals surface area contributed by atoms with Crippen molar-refractivity contribution in [2.75, 3.05) is 26.7 Å². The van der Waals surface area contributed by atoms with Crippen molar-refractivity contribution in [1.29, 1.82) is 0 Å². The molecule has 1 saturated heterocycles. The van der Waals surface area contributed by atoms with Crippen molar-refractivity contribution >= 4 is 5.91 Å². The zero-order valence-corrected chi connectivity index (χ0v) is 13.1. The molecule has 1 aromatic rings. The van der Waals surface area contributed by atoms with Gasteiger partial charge in [-0.3, -0.25) is 4.79 Å². The van der Waals surface area contributed by atoms with Gasteiger partial charge in [-0.15, -0.1) is 0 Å². The van der Waals surface area contributed by atoms with E-state index in [-0.39, 0.29) is 11.8 Å². The van der Waals surface area contributed by atoms with Gasteiger partial charge in [0, 0.05) is 19.1 Å². The molecule has 1 heterocycles. The number of carbonyl (C=O) groups is 1. The predicted octanol–water partition coefficient (Wildman–Crippen LogP) is 1.62. The van der Waals surface area contributed by atoms with E-state index in [2.05, 4.69) is 53.8 Å². The molecule has 0 aliphatic carbocycles. The summed E-state index contributed by atoms with van der Waals surface area (Å²) in [6.07, 6.45) is 1.95. The first-order valence-corrected chi connectivity index (χ1v) is 7.90. The minimum absolute atomic E-state index is 0.145. The van der Waals surface area contributed by atoms with Crippen molar-refractivity contribution in [3.05, 3.63) is 35.9 Å². The van der Waals surface area contributed by atoms with Gasteiger partial charge in [-0.2, -0.15) is 0 Å². The van der Waals surface area contributed by atoms with E-state index in [4.69, 9.17) is 0 Å². The summed E-state index contributed by atoms with van der Waals surface area (Å²) in [7, 11) is 2.12. The van der Waals surface area contributed by atoms with Gasteiger partial charge in [-0.1, -0.05) is 30.3 Å². The molecule has 1 aliphatic rings. The minimum Gasteiger partial charge on any atom is -0.356 e. The number of nitrogens with one attached hydrogen (secondary N) is 2. The van der Waals surface area contributed by atoms with Crippen LogP contribution in [0.5, 0.6) is 0 Å². The van der Waals surface area contributed by atoms with Crippen molar-refractivity contribution in [2.45, 2.75) is 32.4 Å². The number of rotatable bonds is 7. The Hall–Kier alpha value is -1.39. The first-order valence-electron chi connectivity index (χ1n) is 7.90. The molecule has 2 atom stereocenters. The summed E-state index contributed by atoms with van der Waals surface area (Å²) in [5.74, 6) is 0.352. The fourth-order valence-corrected chi connectivity index (χ4v) is 2.88. The highest BCUT2D eigenvalue weighted by molar-refractivity contribution is 5.79. The van der Waals surface area contributed by atoms with Gasteiger partial charge in [0.1, 0.15) is 0 Å². The quantitative estimate of drug-likeness (QED) is 0.750. The van der Waals surface area contributed by atoms with Crippen LogP contribution in [-0.4, -0.2) is 43.5 Å². The Balaban J connectivity index is 1.60. The minimum atomic E-state index is 0.145. The maximum Gasteiger partial charge on any atom is 0.224 e. The van der Waals surface area contributed by atoms with Crippen molar-refractivity contribution < 1.29 is 4.79 Å². The Bertz CT molecular complexity index is 435. The normalized spacial score (nSPS) is 21.7. The molecule has 1 aliphatic heterocycles. The molecule has 0 bridgehead atoms. The smallest absolute Gasteiger partial charge is 0.224 e. The second kappa shape index (κ2) is 8.15. The zero-order valence-electron chi connectivity index (χ0n) is 13.1. The molecular weight excluding hydrogens is 262 g/mol. The van der Waals surface area contributed by atoms with Gasteiger partial charge in [0.15, 0.2) is 0 Å². The molecule has 1 aromatic carbocycles. The average Bonchev–Trinajstić information content (AvgIpc) is 2.91. The second-order valence-electron chi connectivity index (χ2n) is 6.01. The molecular formula is C17H27N3O. The Morgan fingerprint density at radius 2 is 2.14 bits per heavy atom. The van der Waals surface area contributed by atoms with Crippen LogP contribution in [0.15, 0.2) is 30.3 Å². The fraction of sp³-hybridized carbons (Fsp3) is 0.588. The van der Waals surface area contributed by atoms with E-state index < -0.39 is 0 Å². The molecule has 0 spiro atoms. The third-order valence-electron chi connectivity index (χ3n) is 4.17. The summed E-state index contributed by atoms with van der Waals surface area (Å²) in [6.45, 7) is 5.76. The summed E-state index contributed by atoms with van der Waals surface area (Å²) in [5.41, 5.74) is 1.33. The Kier molecular flexibility index (Phi) is 6.21. The highest BCUT2D eigenvalue weighted by Crippen LogP contribution is 2.14. The maximum absolute atomic E-state index is 12.0. The zero-order chi connectivity index (χ0) is 15.1. The lowest BCUT2D eigenvalue weighted by atomic mass is 10.0. The van der Waals surface area contributed by atoms with Gasteiger partial charge in [-0.05, 0) is 45.5 Å². The number of carbonyl (C=O) groups excluding carboxylic acids is 1. The summed E-state index contributed by atoms with van der Waals surface area (Å²) in [4.78, 5) is 14.3. The molecule has 0 saturated carbocycles. The summed E-state index contributed by atoms with van der Waals surface area (Å²) in [5, 5.41) is 6.39. The Morgan fingerprint density at radius 3 is 2.81 bits per heavy atom. The Morgan fingerprint density at radius 1 is 1.38 bits per heavy atom. The second-order valence-corrected chi connectivity index (χ2v) is 6.01. The van der Waals surface area contributed by atoms with Crippen molar-refractivity contribution in [2.24, 2.45) is 5.92 Å². The van der Waals surface area contributed by atoms with Crippen LogP contribution in [0.1, 0.15) is 25.3 Å². The molecule has 1 amide bonds. The number of nitrogens with zero attached hydrogens (tertiary/aromatic N) is 1. The molecule has 4 heteroatoms. The van der Waals surface area contributed by atoms with Gasteiger partial charge in [-0.25, -0.2) is 0 Å². The van der Waals surface area contributed by atoms with Crippen LogP contribution in [-0.2, 0) is 11.3 Å². The van der Waals surface area contributed by atoms with E-state index in [1.807, 2.05) is 6.07 Å². The number of hydrogen-bond donors (Lipinski definition) is 2. The summed E-state index contributed by atoms with van der Waals surface area (Å²) < 4.78 is 0. The first-order chi connectivity index (χ1) is 10.2. The molecule has 1 fully saturated rings. The standard InChI is InChI=1S/C17H27N3O/c1-14-16(9-11-18-14)17(21)19-10-6-12-20(2)13-15-7-4-3-5-8-15/h3-5,7-8,14,16,18H,6,9-13H2,1-2H3,(H,19,21). The SMILES string of the molecule is CC1NCCC1C(=O)NCCCN(C)Cc1ccccc1. The fourth-order valence-electron chi connectivity index (χ4n) is 2.88. The third-order valence-corrected chi connectivity index (χ3v) is 4.17. The van der Waals surface area contributed by atoms with Crippen LogP contribution in [0.25, 0.3) is 0 Å². The van der Waals surface area contributed by atoms with Gasteiger partial charge in [0.25, 0.3) is 0 Å². The highest BCUT2D eigenvalue weighted by Gasteiger charge is 2.28. The highest BCUT2D eigenvalue weighted by atomic mass is 16.1. The van der Waals surface area contributed by atoms with Crippen LogP contribution in [0.3, 0.4) is 0 Å². The van der Waals surface area contributed by atoms with Crippen LogP contribution in [0.2, 0.25) is 0 Å². The van der Waals surface area contributed by atoms with Crippen molar-refractivity contribution in [3.63, 3.8) is 0 Å². The summed E-state index contributed by atoms with van der Waals surface area (Å²) >= 11 is 0. The molecule has 21 heavy (non-hydrogen) atoms. The number of benzene rings is 1. The lowest BCUT2D eigenvalue weighted by Gasteiger charge is -2.18. The van der Waals surface area contributed by atoms with Crippen molar-refractivity contribution in [3.8, 4) is 0 Å². The molecule has 0 aromatic heterocycles. The summed E-state index contributed by atoms with van der Waals surface area (Å²) in [6, 6.07) is 10.8. The first kappa shape index (κ1) is 16.0. The number of hydrogen-bond acceptors (Lipinski definition) is 3. The van der Waals surface area contributed by atoms with Gasteiger partial charge in [0.2, 0.25) is 5.91 Å². The monoisotopic (exact) mass is 289 g/mol. The third kappa shape index (κ3) is 5.14. The molecule has 4 nitrogen and oxygen atoms in total. The van der Waals surface area contributed by atoms with Crippen molar-refractivity contribution in [1.82, 2.24) is 15.5 Å². The molecule has 2 N–H and O–H groups in total. The van der Waals surface area contributed by atoms with E-state index in [9.17, 15) is 4.79 Å². The molecule has 2 unspecified atom stereocenters. The maximum atomic E-state index is 12.0. The van der Waals surface area contributed by atoms with Crippen LogP contribution < -0.4 is 10.6 Å². The molecule has 2 rings (SSSR count). The van der Waals surface area contributed by atoms with Crippen LogP contribution >= 0.6 is 0 Å². The van der Waals surface area contributed by atoms with E-state index in [0.717, 1.165) is 39.0 Å². The lowest BCUT2D eigenvalue weighted by molar-refractivity contribution is -0.125. The van der Waals surface area contributed by atoms with Gasteiger partial charge < -0.3 is 15.5 Å².